The van der Waals surface area contributed by atoms with E-state index in [1.807, 2.05) is 24.3 Å². The minimum atomic E-state index is -0.383. The number of carbonyl (C=O) groups excluding carboxylic acids is 1. The summed E-state index contributed by atoms with van der Waals surface area (Å²) in [6.07, 6.45) is 0.910. The predicted octanol–water partition coefficient (Wildman–Crippen LogP) is 3.31. The van der Waals surface area contributed by atoms with Gasteiger partial charge in [-0.1, -0.05) is 31.2 Å². The van der Waals surface area contributed by atoms with Gasteiger partial charge in [0.05, 0.1) is 5.56 Å². The maximum atomic E-state index is 11.8. The Kier molecular flexibility index (Phi) is 4.18. The fourth-order valence-electron chi connectivity index (χ4n) is 1.87. The average molecular weight is 256 g/mol. The lowest BCUT2D eigenvalue weighted by Crippen LogP contribution is -2.06. The minimum Gasteiger partial charge on any atom is -0.508 e. The molecular weight excluding hydrogens is 240 g/mol. The zero-order chi connectivity index (χ0) is 13.7. The van der Waals surface area contributed by atoms with Gasteiger partial charge >= 0.3 is 5.97 Å². The number of benzene rings is 2. The van der Waals surface area contributed by atoms with E-state index in [2.05, 4.69) is 6.92 Å². The van der Waals surface area contributed by atoms with Crippen LogP contribution in [0.5, 0.6) is 5.75 Å². The van der Waals surface area contributed by atoms with E-state index >= 15 is 0 Å². The summed E-state index contributed by atoms with van der Waals surface area (Å²) in [6.45, 7) is 2.34. The molecule has 0 aromatic heterocycles. The van der Waals surface area contributed by atoms with E-state index < -0.39 is 0 Å². The highest BCUT2D eigenvalue weighted by Gasteiger charge is 2.08. The molecule has 0 atom stereocenters. The Bertz CT molecular complexity index is 558. The first-order chi connectivity index (χ1) is 9.20. The number of aromatic hydroxyl groups is 1. The lowest BCUT2D eigenvalue weighted by molar-refractivity contribution is 0.0472. The van der Waals surface area contributed by atoms with Gasteiger partial charge in [-0.3, -0.25) is 0 Å². The van der Waals surface area contributed by atoms with Gasteiger partial charge in [0.2, 0.25) is 0 Å². The van der Waals surface area contributed by atoms with E-state index in [1.54, 1.807) is 12.1 Å². The molecule has 2 aromatic rings. The van der Waals surface area contributed by atoms with Gasteiger partial charge in [0.15, 0.2) is 0 Å². The molecule has 0 saturated carbocycles. The fourth-order valence-corrected chi connectivity index (χ4v) is 1.87. The highest BCUT2D eigenvalue weighted by molar-refractivity contribution is 5.89. The number of hydrogen-bond acceptors (Lipinski definition) is 3. The van der Waals surface area contributed by atoms with Crippen molar-refractivity contribution >= 4 is 5.97 Å². The van der Waals surface area contributed by atoms with Crippen LogP contribution in [0.1, 0.15) is 28.4 Å². The lowest BCUT2D eigenvalue weighted by atomic mass is 10.1. The van der Waals surface area contributed by atoms with Crippen LogP contribution in [0.3, 0.4) is 0 Å². The summed E-state index contributed by atoms with van der Waals surface area (Å²) >= 11 is 0. The molecule has 2 rings (SSSR count). The summed E-state index contributed by atoms with van der Waals surface area (Å²) in [4.78, 5) is 11.8. The van der Waals surface area contributed by atoms with Crippen molar-refractivity contribution in [1.29, 1.82) is 0 Å². The zero-order valence-electron chi connectivity index (χ0n) is 10.8. The van der Waals surface area contributed by atoms with Crippen molar-refractivity contribution in [3.05, 3.63) is 65.2 Å². The summed E-state index contributed by atoms with van der Waals surface area (Å²) in [6, 6.07) is 13.9. The number of carbonyl (C=O) groups is 1. The quantitative estimate of drug-likeness (QED) is 0.854. The molecule has 0 spiro atoms. The normalized spacial score (nSPS) is 10.2. The first kappa shape index (κ1) is 13.1. The maximum Gasteiger partial charge on any atom is 0.338 e. The van der Waals surface area contributed by atoms with Gasteiger partial charge < -0.3 is 9.84 Å². The molecule has 0 aliphatic heterocycles. The third-order valence-corrected chi connectivity index (χ3v) is 2.96. The van der Waals surface area contributed by atoms with Crippen LogP contribution < -0.4 is 0 Å². The molecule has 19 heavy (non-hydrogen) atoms. The Morgan fingerprint density at radius 1 is 1.05 bits per heavy atom. The van der Waals surface area contributed by atoms with Crippen molar-refractivity contribution in [3.8, 4) is 5.75 Å². The Labute approximate surface area is 112 Å². The molecule has 0 amide bonds. The third kappa shape index (κ3) is 3.35. The number of hydrogen-bond donors (Lipinski definition) is 1. The topological polar surface area (TPSA) is 46.5 Å². The monoisotopic (exact) mass is 256 g/mol. The van der Waals surface area contributed by atoms with Gasteiger partial charge in [-0.25, -0.2) is 4.79 Å². The van der Waals surface area contributed by atoms with Crippen molar-refractivity contribution in [1.82, 2.24) is 0 Å². The molecule has 0 heterocycles. The van der Waals surface area contributed by atoms with Crippen LogP contribution in [0.15, 0.2) is 48.5 Å². The van der Waals surface area contributed by atoms with Crippen LogP contribution in [0.25, 0.3) is 0 Å². The van der Waals surface area contributed by atoms with E-state index in [1.165, 1.54) is 17.7 Å². The molecule has 98 valence electrons. The second-order valence-corrected chi connectivity index (χ2v) is 4.25. The molecule has 0 fully saturated rings. The molecular formula is C16H16O3. The molecule has 0 aliphatic carbocycles. The van der Waals surface area contributed by atoms with Crippen molar-refractivity contribution in [2.24, 2.45) is 0 Å². The summed E-state index contributed by atoms with van der Waals surface area (Å²) in [5, 5.41) is 9.16. The third-order valence-electron chi connectivity index (χ3n) is 2.96. The van der Waals surface area contributed by atoms with E-state index in [-0.39, 0.29) is 18.3 Å². The number of phenols is 1. The van der Waals surface area contributed by atoms with Crippen LogP contribution in [0, 0.1) is 0 Å². The molecule has 2 aromatic carbocycles. The molecule has 0 aliphatic rings. The summed E-state index contributed by atoms with van der Waals surface area (Å²) < 4.78 is 5.28. The van der Waals surface area contributed by atoms with Gasteiger partial charge in [-0.15, -0.1) is 0 Å². The fraction of sp³-hybridized carbons (Fsp3) is 0.188. The second kappa shape index (κ2) is 6.05. The van der Waals surface area contributed by atoms with Gasteiger partial charge in [-0.05, 0) is 41.8 Å². The standard InChI is InChI=1S/C16H16O3/c1-2-12-5-3-4-6-14(12)11-19-16(18)13-7-9-15(17)10-8-13/h3-10,17H,2,11H2,1H3. The number of aryl methyl sites for hydroxylation is 1. The molecule has 0 unspecified atom stereocenters. The van der Waals surface area contributed by atoms with E-state index in [4.69, 9.17) is 9.84 Å². The molecule has 0 radical (unpaired) electrons. The van der Waals surface area contributed by atoms with Crippen molar-refractivity contribution in [2.45, 2.75) is 20.0 Å². The van der Waals surface area contributed by atoms with Crippen LogP contribution in [-0.2, 0) is 17.8 Å². The zero-order valence-corrected chi connectivity index (χ0v) is 10.8. The Morgan fingerprint density at radius 2 is 1.68 bits per heavy atom. The van der Waals surface area contributed by atoms with Crippen LogP contribution >= 0.6 is 0 Å². The molecule has 0 saturated heterocycles. The van der Waals surface area contributed by atoms with Crippen LogP contribution in [0.2, 0.25) is 0 Å². The molecule has 0 bridgehead atoms. The highest BCUT2D eigenvalue weighted by Crippen LogP contribution is 2.14. The van der Waals surface area contributed by atoms with E-state index in [0.29, 0.717) is 5.56 Å². The molecule has 1 N–H and O–H groups in total. The highest BCUT2D eigenvalue weighted by atomic mass is 16.5. The molecule has 3 nitrogen and oxygen atoms in total. The summed E-state index contributed by atoms with van der Waals surface area (Å²) in [7, 11) is 0. The SMILES string of the molecule is CCc1ccccc1COC(=O)c1ccc(O)cc1. The van der Waals surface area contributed by atoms with E-state index in [0.717, 1.165) is 12.0 Å². The first-order valence-corrected chi connectivity index (χ1v) is 6.23. The summed E-state index contributed by atoms with van der Waals surface area (Å²) in [5.41, 5.74) is 2.64. The van der Waals surface area contributed by atoms with Crippen molar-refractivity contribution < 1.29 is 14.6 Å². The van der Waals surface area contributed by atoms with Crippen LogP contribution in [-0.4, -0.2) is 11.1 Å². The van der Waals surface area contributed by atoms with Gasteiger partial charge in [0, 0.05) is 0 Å². The van der Waals surface area contributed by atoms with Crippen LogP contribution in [0.4, 0.5) is 0 Å². The summed E-state index contributed by atoms with van der Waals surface area (Å²) in [5.74, 6) is -0.251. The predicted molar refractivity (Wildman–Crippen MR) is 73.0 cm³/mol. The smallest absolute Gasteiger partial charge is 0.338 e. The largest absolute Gasteiger partial charge is 0.508 e. The van der Waals surface area contributed by atoms with Gasteiger partial charge in [0.1, 0.15) is 12.4 Å². The number of rotatable bonds is 4. The lowest BCUT2D eigenvalue weighted by Gasteiger charge is -2.08. The minimum absolute atomic E-state index is 0.132. The number of esters is 1. The van der Waals surface area contributed by atoms with E-state index in [9.17, 15) is 4.79 Å². The number of phenolic OH excluding ortho intramolecular Hbond substituents is 1. The van der Waals surface area contributed by atoms with Crippen molar-refractivity contribution in [2.75, 3.05) is 0 Å². The van der Waals surface area contributed by atoms with Gasteiger partial charge in [0.25, 0.3) is 0 Å². The Balaban J connectivity index is 2.02. The molecule has 3 heteroatoms. The second-order valence-electron chi connectivity index (χ2n) is 4.25. The van der Waals surface area contributed by atoms with Gasteiger partial charge in [-0.2, -0.15) is 0 Å². The Hall–Kier alpha value is -2.29. The average Bonchev–Trinajstić information content (AvgIpc) is 2.45. The first-order valence-electron chi connectivity index (χ1n) is 6.23. The number of ether oxygens (including phenoxy) is 1. The van der Waals surface area contributed by atoms with Crippen molar-refractivity contribution in [3.63, 3.8) is 0 Å². The Morgan fingerprint density at radius 3 is 2.32 bits per heavy atom. The maximum absolute atomic E-state index is 11.8.